The molecule has 11 heteroatoms. The Morgan fingerprint density at radius 1 is 1.16 bits per heavy atom. The Balaban J connectivity index is 1.58. The van der Waals surface area contributed by atoms with Crippen LogP contribution in [0.5, 0.6) is 0 Å². The van der Waals surface area contributed by atoms with E-state index in [1.165, 1.54) is 0 Å². The fourth-order valence-corrected chi connectivity index (χ4v) is 5.11. The Bertz CT molecular complexity index is 1180. The van der Waals surface area contributed by atoms with Gasteiger partial charge in [0.15, 0.2) is 0 Å². The van der Waals surface area contributed by atoms with E-state index in [9.17, 15) is 19.2 Å². The van der Waals surface area contributed by atoms with Crippen LogP contribution in [0.2, 0.25) is 4.34 Å². The summed E-state index contributed by atoms with van der Waals surface area (Å²) in [5.74, 6) is -0.887. The highest BCUT2D eigenvalue weighted by Crippen LogP contribution is 2.23. The maximum atomic E-state index is 13.3. The number of nitrogens with zero attached hydrogens (tertiary/aromatic N) is 1. The molecule has 1 unspecified atom stereocenters. The predicted octanol–water partition coefficient (Wildman–Crippen LogP) is 4.56. The van der Waals surface area contributed by atoms with Gasteiger partial charge in [0.2, 0.25) is 5.91 Å². The number of aryl methyl sites for hydroxylation is 1. The van der Waals surface area contributed by atoms with Crippen LogP contribution in [0.15, 0.2) is 30.3 Å². The molecule has 0 saturated carbocycles. The first-order valence-corrected chi connectivity index (χ1v) is 14.0. The van der Waals surface area contributed by atoms with Crippen molar-refractivity contribution in [1.29, 1.82) is 0 Å². The van der Waals surface area contributed by atoms with Gasteiger partial charge in [-0.25, -0.2) is 4.79 Å². The molecule has 206 valence electrons. The van der Waals surface area contributed by atoms with Gasteiger partial charge in [-0.3, -0.25) is 14.4 Å². The predicted molar refractivity (Wildman–Crippen MR) is 151 cm³/mol. The summed E-state index contributed by atoms with van der Waals surface area (Å²) in [5, 5.41) is 11.4. The summed E-state index contributed by atoms with van der Waals surface area (Å²) in [6.45, 7) is 8.81. The van der Waals surface area contributed by atoms with E-state index in [0.717, 1.165) is 42.6 Å². The van der Waals surface area contributed by atoms with Crippen molar-refractivity contribution in [2.24, 2.45) is 0 Å². The SMILES string of the molecule is CCCCNC(=O)NC1CCCN(C(=O)c2ccc(NC(=O)C(C)(C)NC(=O)c3ccc(Cl)s3)cc2C)C1. The molecule has 5 amide bonds. The van der Waals surface area contributed by atoms with E-state index < -0.39 is 11.4 Å². The molecule has 38 heavy (non-hydrogen) atoms. The van der Waals surface area contributed by atoms with E-state index in [-0.39, 0.29) is 23.9 Å². The topological polar surface area (TPSA) is 120 Å². The molecule has 1 aliphatic heterocycles. The number of amides is 5. The molecule has 1 atom stereocenters. The maximum Gasteiger partial charge on any atom is 0.315 e. The first-order valence-electron chi connectivity index (χ1n) is 12.8. The highest BCUT2D eigenvalue weighted by molar-refractivity contribution is 7.18. The first kappa shape index (κ1) is 29.4. The number of halogens is 1. The zero-order valence-electron chi connectivity index (χ0n) is 22.3. The van der Waals surface area contributed by atoms with Gasteiger partial charge in [-0.05, 0) is 75.9 Å². The molecule has 9 nitrogen and oxygen atoms in total. The summed E-state index contributed by atoms with van der Waals surface area (Å²) < 4.78 is 0.492. The third-order valence-corrected chi connectivity index (χ3v) is 7.59. The zero-order chi connectivity index (χ0) is 27.9. The quantitative estimate of drug-likeness (QED) is 0.335. The number of carbonyl (C=O) groups is 4. The van der Waals surface area contributed by atoms with Crippen molar-refractivity contribution in [2.75, 3.05) is 25.0 Å². The molecule has 1 saturated heterocycles. The summed E-state index contributed by atoms with van der Waals surface area (Å²) in [4.78, 5) is 53.0. The molecule has 0 aliphatic carbocycles. The van der Waals surface area contributed by atoms with Crippen LogP contribution in [0.4, 0.5) is 10.5 Å². The Morgan fingerprint density at radius 3 is 2.58 bits per heavy atom. The van der Waals surface area contributed by atoms with E-state index in [1.54, 1.807) is 49.1 Å². The van der Waals surface area contributed by atoms with Crippen molar-refractivity contribution < 1.29 is 19.2 Å². The molecule has 0 bridgehead atoms. The second-order valence-corrected chi connectivity index (χ2v) is 11.7. The minimum absolute atomic E-state index is 0.101. The number of anilines is 1. The summed E-state index contributed by atoms with van der Waals surface area (Å²) in [7, 11) is 0. The van der Waals surface area contributed by atoms with Gasteiger partial charge in [0.1, 0.15) is 5.54 Å². The number of rotatable bonds is 9. The Hall–Kier alpha value is -3.11. The average molecular weight is 562 g/mol. The number of unbranched alkanes of at least 4 members (excludes halogenated alkanes) is 1. The van der Waals surface area contributed by atoms with Crippen molar-refractivity contribution in [3.63, 3.8) is 0 Å². The molecule has 3 rings (SSSR count). The zero-order valence-corrected chi connectivity index (χ0v) is 23.9. The molecule has 1 aromatic heterocycles. The Labute approximate surface area is 232 Å². The molecule has 0 radical (unpaired) electrons. The smallest absolute Gasteiger partial charge is 0.315 e. The number of likely N-dealkylation sites (tertiary alicyclic amines) is 1. The van der Waals surface area contributed by atoms with Crippen LogP contribution in [0.25, 0.3) is 0 Å². The fourth-order valence-electron chi connectivity index (χ4n) is 4.17. The average Bonchev–Trinajstić information content (AvgIpc) is 3.30. The number of thiophene rings is 1. The Morgan fingerprint density at radius 2 is 1.92 bits per heavy atom. The highest BCUT2D eigenvalue weighted by Gasteiger charge is 2.31. The Kier molecular flexibility index (Phi) is 10.2. The second-order valence-electron chi connectivity index (χ2n) is 10.0. The molecule has 2 heterocycles. The van der Waals surface area contributed by atoms with Gasteiger partial charge in [-0.15, -0.1) is 11.3 Å². The lowest BCUT2D eigenvalue weighted by molar-refractivity contribution is -0.120. The molecular weight excluding hydrogens is 526 g/mol. The van der Waals surface area contributed by atoms with Gasteiger partial charge in [-0.1, -0.05) is 24.9 Å². The van der Waals surface area contributed by atoms with E-state index in [2.05, 4.69) is 28.2 Å². The second kappa shape index (κ2) is 13.1. The van der Waals surface area contributed by atoms with Crippen molar-refractivity contribution in [1.82, 2.24) is 20.9 Å². The third-order valence-electron chi connectivity index (χ3n) is 6.37. The van der Waals surface area contributed by atoms with Gasteiger partial charge in [-0.2, -0.15) is 0 Å². The molecule has 1 aliphatic rings. The maximum absolute atomic E-state index is 13.3. The summed E-state index contributed by atoms with van der Waals surface area (Å²) in [6, 6.07) is 8.05. The molecular formula is C27H36ClN5O4S. The van der Waals surface area contributed by atoms with Crippen LogP contribution in [-0.4, -0.2) is 59.9 Å². The molecule has 1 fully saturated rings. The lowest BCUT2D eigenvalue weighted by Crippen LogP contribution is -2.52. The van der Waals surface area contributed by atoms with Crippen molar-refractivity contribution in [2.45, 2.75) is 65.0 Å². The molecule has 4 N–H and O–H groups in total. The van der Waals surface area contributed by atoms with Gasteiger partial charge in [0, 0.05) is 36.9 Å². The van der Waals surface area contributed by atoms with Crippen molar-refractivity contribution >= 4 is 52.4 Å². The fraction of sp³-hybridized carbons (Fsp3) is 0.481. The van der Waals surface area contributed by atoms with Crippen LogP contribution in [-0.2, 0) is 4.79 Å². The first-order chi connectivity index (χ1) is 18.0. The normalized spacial score (nSPS) is 15.5. The van der Waals surface area contributed by atoms with Gasteiger partial charge in [0.25, 0.3) is 11.8 Å². The number of hydrogen-bond donors (Lipinski definition) is 4. The third kappa shape index (κ3) is 7.94. The van der Waals surface area contributed by atoms with E-state index in [4.69, 9.17) is 11.6 Å². The van der Waals surface area contributed by atoms with Crippen LogP contribution < -0.4 is 21.3 Å². The molecule has 1 aromatic carbocycles. The number of carbonyl (C=O) groups excluding carboxylic acids is 4. The van der Waals surface area contributed by atoms with E-state index in [0.29, 0.717) is 40.1 Å². The van der Waals surface area contributed by atoms with E-state index >= 15 is 0 Å². The van der Waals surface area contributed by atoms with Crippen LogP contribution in [0.1, 0.15) is 72.0 Å². The van der Waals surface area contributed by atoms with Crippen LogP contribution >= 0.6 is 22.9 Å². The molecule has 2 aromatic rings. The number of urea groups is 1. The largest absolute Gasteiger partial charge is 0.338 e. The van der Waals surface area contributed by atoms with E-state index in [1.807, 2.05) is 6.92 Å². The van der Waals surface area contributed by atoms with Crippen LogP contribution in [0.3, 0.4) is 0 Å². The van der Waals surface area contributed by atoms with Gasteiger partial charge < -0.3 is 26.2 Å². The van der Waals surface area contributed by atoms with Crippen LogP contribution in [0, 0.1) is 6.92 Å². The lowest BCUT2D eigenvalue weighted by Gasteiger charge is -2.33. The number of hydrogen-bond acceptors (Lipinski definition) is 5. The summed E-state index contributed by atoms with van der Waals surface area (Å²) in [5.41, 5.74) is 0.593. The highest BCUT2D eigenvalue weighted by atomic mass is 35.5. The minimum Gasteiger partial charge on any atom is -0.338 e. The molecule has 0 spiro atoms. The summed E-state index contributed by atoms with van der Waals surface area (Å²) >= 11 is 7.04. The standard InChI is InChI=1S/C27H36ClN5O4S/c1-5-6-13-29-26(37)31-19-8-7-14-33(16-19)24(35)20-10-9-18(15-17(20)2)30-25(36)27(3,4)32-23(34)21-11-12-22(28)38-21/h9-12,15,19H,5-8,13-14,16H2,1-4H3,(H,30,36)(H,32,34)(H2,29,31,37). The van der Waals surface area contributed by atoms with Gasteiger partial charge in [0.05, 0.1) is 9.21 Å². The monoisotopic (exact) mass is 561 g/mol. The number of piperidine rings is 1. The number of benzene rings is 1. The summed E-state index contributed by atoms with van der Waals surface area (Å²) in [6.07, 6.45) is 3.56. The van der Waals surface area contributed by atoms with Crippen molar-refractivity contribution in [3.8, 4) is 0 Å². The number of nitrogens with one attached hydrogen (secondary N) is 4. The lowest BCUT2D eigenvalue weighted by atomic mass is 10.0. The van der Waals surface area contributed by atoms with Gasteiger partial charge >= 0.3 is 6.03 Å². The van der Waals surface area contributed by atoms with Crippen molar-refractivity contribution in [3.05, 3.63) is 50.7 Å². The minimum atomic E-state index is -1.19.